The van der Waals surface area contributed by atoms with E-state index in [1.807, 2.05) is 4.90 Å². The molecule has 0 radical (unpaired) electrons. The summed E-state index contributed by atoms with van der Waals surface area (Å²) in [5, 5.41) is 3.48. The molecule has 0 unspecified atom stereocenters. The SMILES string of the molecule is CCOC(=O)C1=C(CN2CCCN(C(=O)c3ccc4c(c3)OCO4)CC2)N(C)C(=O)N[C@H]1c1ccc(Cl)cc1. The van der Waals surface area contributed by atoms with Crippen molar-refractivity contribution in [2.75, 3.05) is 53.2 Å². The molecule has 3 heterocycles. The van der Waals surface area contributed by atoms with Crippen LogP contribution in [0.3, 0.4) is 0 Å². The Morgan fingerprint density at radius 3 is 2.59 bits per heavy atom. The van der Waals surface area contributed by atoms with Crippen LogP contribution >= 0.6 is 11.6 Å². The number of hydrogen-bond donors (Lipinski definition) is 1. The van der Waals surface area contributed by atoms with Crippen molar-refractivity contribution in [1.82, 2.24) is 20.0 Å². The van der Waals surface area contributed by atoms with E-state index in [0.29, 0.717) is 66.1 Å². The van der Waals surface area contributed by atoms with Crippen LogP contribution in [0.1, 0.15) is 35.3 Å². The van der Waals surface area contributed by atoms with Gasteiger partial charge in [0.2, 0.25) is 6.79 Å². The Kier molecular flexibility index (Phi) is 7.94. The highest BCUT2D eigenvalue weighted by Gasteiger charge is 2.37. The number of urea groups is 1. The van der Waals surface area contributed by atoms with E-state index in [1.54, 1.807) is 56.4 Å². The third-order valence-electron chi connectivity index (χ3n) is 7.14. The molecule has 0 aromatic heterocycles. The van der Waals surface area contributed by atoms with Crippen molar-refractivity contribution >= 4 is 29.5 Å². The van der Waals surface area contributed by atoms with Gasteiger partial charge in [-0.15, -0.1) is 0 Å². The molecule has 0 saturated carbocycles. The number of ether oxygens (including phenoxy) is 3. The Labute approximate surface area is 232 Å². The van der Waals surface area contributed by atoms with Crippen LogP contribution < -0.4 is 14.8 Å². The second kappa shape index (κ2) is 11.5. The number of nitrogens with zero attached hydrogens (tertiary/aromatic N) is 3. The first-order valence-corrected chi connectivity index (χ1v) is 13.3. The minimum atomic E-state index is -0.670. The lowest BCUT2D eigenvalue weighted by Crippen LogP contribution is -2.49. The first kappa shape index (κ1) is 26.8. The number of nitrogens with one attached hydrogen (secondary N) is 1. The lowest BCUT2D eigenvalue weighted by Gasteiger charge is -2.36. The van der Waals surface area contributed by atoms with Gasteiger partial charge in [0.1, 0.15) is 0 Å². The average Bonchev–Trinajstić information content (AvgIpc) is 3.28. The Hall–Kier alpha value is -3.76. The maximum Gasteiger partial charge on any atom is 0.338 e. The second-order valence-corrected chi connectivity index (χ2v) is 10.0. The number of benzene rings is 2. The van der Waals surface area contributed by atoms with Gasteiger partial charge >= 0.3 is 12.0 Å². The summed E-state index contributed by atoms with van der Waals surface area (Å²) in [6, 6.07) is 11.3. The number of hydrogen-bond acceptors (Lipinski definition) is 7. The van der Waals surface area contributed by atoms with Crippen molar-refractivity contribution in [3.63, 3.8) is 0 Å². The number of halogens is 1. The molecule has 5 rings (SSSR count). The van der Waals surface area contributed by atoms with E-state index in [0.717, 1.165) is 12.0 Å². The Balaban J connectivity index is 1.36. The Morgan fingerprint density at radius 2 is 1.82 bits per heavy atom. The van der Waals surface area contributed by atoms with Crippen LogP contribution in [0.4, 0.5) is 4.79 Å². The van der Waals surface area contributed by atoms with Gasteiger partial charge in [0, 0.05) is 56.1 Å². The maximum atomic E-state index is 13.3. The number of esters is 1. The van der Waals surface area contributed by atoms with Crippen LogP contribution in [0.25, 0.3) is 0 Å². The van der Waals surface area contributed by atoms with Gasteiger partial charge in [0.15, 0.2) is 11.5 Å². The second-order valence-electron chi connectivity index (χ2n) is 9.56. The number of fused-ring (bicyclic) bond motifs is 1. The van der Waals surface area contributed by atoms with Crippen molar-refractivity contribution in [2.45, 2.75) is 19.4 Å². The van der Waals surface area contributed by atoms with Gasteiger partial charge in [-0.1, -0.05) is 23.7 Å². The molecule has 206 valence electrons. The largest absolute Gasteiger partial charge is 0.463 e. The number of rotatable bonds is 6. The van der Waals surface area contributed by atoms with Crippen molar-refractivity contribution < 1.29 is 28.6 Å². The van der Waals surface area contributed by atoms with Gasteiger partial charge in [0.05, 0.1) is 18.2 Å². The van der Waals surface area contributed by atoms with Gasteiger partial charge in [-0.3, -0.25) is 14.6 Å². The summed E-state index contributed by atoms with van der Waals surface area (Å²) >= 11 is 6.08. The molecular weight excluding hydrogens is 524 g/mol. The van der Waals surface area contributed by atoms with E-state index in [9.17, 15) is 14.4 Å². The molecule has 1 fully saturated rings. The normalized spacial score (nSPS) is 19.6. The summed E-state index contributed by atoms with van der Waals surface area (Å²) < 4.78 is 16.2. The molecule has 2 aromatic rings. The zero-order valence-corrected chi connectivity index (χ0v) is 22.7. The van der Waals surface area contributed by atoms with Crippen molar-refractivity contribution in [3.05, 3.63) is 69.9 Å². The monoisotopic (exact) mass is 554 g/mol. The van der Waals surface area contributed by atoms with Crippen LogP contribution in [-0.2, 0) is 9.53 Å². The van der Waals surface area contributed by atoms with Gasteiger partial charge in [0.25, 0.3) is 5.91 Å². The van der Waals surface area contributed by atoms with Crippen LogP contribution in [0.5, 0.6) is 11.5 Å². The van der Waals surface area contributed by atoms with E-state index in [-0.39, 0.29) is 25.3 Å². The van der Waals surface area contributed by atoms with E-state index in [1.165, 1.54) is 4.90 Å². The minimum Gasteiger partial charge on any atom is -0.463 e. The predicted molar refractivity (Wildman–Crippen MR) is 144 cm³/mol. The molecule has 3 aliphatic rings. The summed E-state index contributed by atoms with van der Waals surface area (Å²) in [4.78, 5) is 44.9. The summed E-state index contributed by atoms with van der Waals surface area (Å²) in [6.07, 6.45) is 0.745. The lowest BCUT2D eigenvalue weighted by atomic mass is 9.94. The van der Waals surface area contributed by atoms with Crippen LogP contribution in [0.15, 0.2) is 53.7 Å². The molecule has 1 saturated heterocycles. The zero-order valence-electron chi connectivity index (χ0n) is 21.9. The highest BCUT2D eigenvalue weighted by Crippen LogP contribution is 2.34. The number of likely N-dealkylation sites (N-methyl/N-ethyl adjacent to an activating group) is 1. The molecule has 11 heteroatoms. The standard InChI is InChI=1S/C28H31ClN4O6/c1-3-37-27(35)24-21(31(2)28(36)30-25(24)18-5-8-20(29)9-6-18)16-32-11-4-12-33(14-13-32)26(34)19-7-10-22-23(15-19)39-17-38-22/h5-10,15,25H,3-4,11-14,16-17H2,1-2H3,(H,30,36)/t25-/m0/s1. The number of carbonyl (C=O) groups excluding carboxylic acids is 3. The fourth-order valence-corrected chi connectivity index (χ4v) is 5.19. The van der Waals surface area contributed by atoms with Crippen LogP contribution in [-0.4, -0.2) is 85.8 Å². The molecule has 1 N–H and O–H groups in total. The molecule has 2 aromatic carbocycles. The topological polar surface area (TPSA) is 101 Å². The molecule has 1 atom stereocenters. The first-order valence-electron chi connectivity index (χ1n) is 13.0. The molecule has 0 aliphatic carbocycles. The highest BCUT2D eigenvalue weighted by atomic mass is 35.5. The molecule has 3 amide bonds. The fraction of sp³-hybridized carbons (Fsp3) is 0.393. The Bertz CT molecular complexity index is 1300. The van der Waals surface area contributed by atoms with Crippen LogP contribution in [0.2, 0.25) is 5.02 Å². The third-order valence-corrected chi connectivity index (χ3v) is 7.40. The van der Waals surface area contributed by atoms with Crippen molar-refractivity contribution in [1.29, 1.82) is 0 Å². The lowest BCUT2D eigenvalue weighted by molar-refractivity contribution is -0.139. The van der Waals surface area contributed by atoms with Gasteiger partial charge in [-0.05, 0) is 49.2 Å². The quantitative estimate of drug-likeness (QED) is 0.546. The third kappa shape index (κ3) is 5.67. The molecule has 3 aliphatic heterocycles. The maximum absolute atomic E-state index is 13.3. The van der Waals surface area contributed by atoms with E-state index in [2.05, 4.69) is 10.2 Å². The molecule has 0 bridgehead atoms. The molecular formula is C28H31ClN4O6. The van der Waals surface area contributed by atoms with Gasteiger partial charge < -0.3 is 24.4 Å². The molecule has 0 spiro atoms. The fourth-order valence-electron chi connectivity index (χ4n) is 5.06. The highest BCUT2D eigenvalue weighted by molar-refractivity contribution is 6.30. The van der Waals surface area contributed by atoms with E-state index >= 15 is 0 Å². The number of amides is 3. The summed E-state index contributed by atoms with van der Waals surface area (Å²) in [6.45, 7) is 4.85. The number of carbonyl (C=O) groups is 3. The van der Waals surface area contributed by atoms with Gasteiger partial charge in [-0.2, -0.15) is 0 Å². The van der Waals surface area contributed by atoms with Crippen LogP contribution in [0, 0.1) is 0 Å². The summed E-state index contributed by atoms with van der Waals surface area (Å²) in [5.74, 6) is 0.661. The zero-order chi connectivity index (χ0) is 27.5. The predicted octanol–water partition coefficient (Wildman–Crippen LogP) is 3.43. The summed E-state index contributed by atoms with van der Waals surface area (Å²) in [5.41, 5.74) is 2.25. The Morgan fingerprint density at radius 1 is 1.05 bits per heavy atom. The summed E-state index contributed by atoms with van der Waals surface area (Å²) in [7, 11) is 1.65. The van der Waals surface area contributed by atoms with Gasteiger partial charge in [-0.25, -0.2) is 9.59 Å². The first-order chi connectivity index (χ1) is 18.9. The van der Waals surface area contributed by atoms with E-state index in [4.69, 9.17) is 25.8 Å². The average molecular weight is 555 g/mol. The minimum absolute atomic E-state index is 0.0708. The van der Waals surface area contributed by atoms with Crippen molar-refractivity contribution in [3.8, 4) is 11.5 Å². The van der Waals surface area contributed by atoms with E-state index < -0.39 is 12.0 Å². The van der Waals surface area contributed by atoms with Crippen molar-refractivity contribution in [2.24, 2.45) is 0 Å². The smallest absolute Gasteiger partial charge is 0.338 e. The molecule has 39 heavy (non-hydrogen) atoms. The molecule has 10 nitrogen and oxygen atoms in total.